The smallest absolute Gasteiger partial charge is 0.256 e. The zero-order valence-electron chi connectivity index (χ0n) is 16.7. The Kier molecular flexibility index (Phi) is 4.87. The van der Waals surface area contributed by atoms with E-state index >= 15 is 0 Å². The quantitative estimate of drug-likeness (QED) is 0.887. The number of benzene rings is 1. The Hall–Kier alpha value is -2.76. The van der Waals surface area contributed by atoms with Crippen LogP contribution in [0.4, 0.5) is 5.69 Å². The molecule has 1 atom stereocenters. The fraction of sp³-hybridized carbons (Fsp3) is 0.455. The first-order valence-electron chi connectivity index (χ1n) is 9.94. The highest BCUT2D eigenvalue weighted by Crippen LogP contribution is 2.29. The molecule has 1 aromatic heterocycles. The summed E-state index contributed by atoms with van der Waals surface area (Å²) in [6.07, 6.45) is 2.23. The van der Waals surface area contributed by atoms with Gasteiger partial charge in [0.05, 0.1) is 18.2 Å². The molecule has 2 aromatic rings. The van der Waals surface area contributed by atoms with Crippen LogP contribution in [0.1, 0.15) is 51.9 Å². The number of Topliss-reactive ketones (excluding diaryl/α,β-unsaturated/α-hetero) is 1. The molecule has 1 fully saturated rings. The Balaban J connectivity index is 1.53. The first-order valence-corrected chi connectivity index (χ1v) is 9.94. The molecular formula is C22H27N3O3. The van der Waals surface area contributed by atoms with Crippen molar-refractivity contribution in [1.82, 2.24) is 9.88 Å². The number of nitrogens with zero attached hydrogens (tertiary/aromatic N) is 2. The maximum absolute atomic E-state index is 13.4. The number of ketones is 1. The van der Waals surface area contributed by atoms with Gasteiger partial charge >= 0.3 is 0 Å². The predicted octanol–water partition coefficient (Wildman–Crippen LogP) is 3.20. The number of aromatic nitrogens is 1. The summed E-state index contributed by atoms with van der Waals surface area (Å²) in [5.41, 5.74) is 4.10. The van der Waals surface area contributed by atoms with Crippen LogP contribution >= 0.6 is 0 Å². The Labute approximate surface area is 165 Å². The van der Waals surface area contributed by atoms with Gasteiger partial charge in [0.15, 0.2) is 5.78 Å². The van der Waals surface area contributed by atoms with Crippen molar-refractivity contribution in [3.63, 3.8) is 0 Å². The number of hydrogen-bond donors (Lipinski definition) is 1. The van der Waals surface area contributed by atoms with E-state index in [0.717, 1.165) is 48.8 Å². The lowest BCUT2D eigenvalue weighted by molar-refractivity contribution is 0.0669. The van der Waals surface area contributed by atoms with E-state index in [1.165, 1.54) is 0 Å². The third-order valence-electron chi connectivity index (χ3n) is 5.91. The molecule has 0 saturated carbocycles. The summed E-state index contributed by atoms with van der Waals surface area (Å²) >= 11 is 0. The third-order valence-corrected chi connectivity index (χ3v) is 5.91. The van der Waals surface area contributed by atoms with E-state index in [1.807, 2.05) is 36.1 Å². The van der Waals surface area contributed by atoms with Gasteiger partial charge in [0.25, 0.3) is 5.91 Å². The number of hydrogen-bond acceptors (Lipinski definition) is 4. The first-order chi connectivity index (χ1) is 13.5. The highest BCUT2D eigenvalue weighted by atomic mass is 16.5. The number of carbonyl (C=O) groups is 2. The molecule has 4 rings (SSSR count). The molecule has 2 aliphatic rings. The van der Waals surface area contributed by atoms with Crippen LogP contribution in [-0.4, -0.2) is 54.4 Å². The zero-order chi connectivity index (χ0) is 19.8. The van der Waals surface area contributed by atoms with E-state index < -0.39 is 0 Å². The SMILES string of the molecule is COc1ccc(N2CCN(C(=O)c3c(C)[nH]c4c3C(=O)CCC4)[C@@H](C)C2)cc1. The minimum atomic E-state index is -0.0212. The van der Waals surface area contributed by atoms with Crippen LogP contribution in [0.3, 0.4) is 0 Å². The number of nitrogens with one attached hydrogen (secondary N) is 1. The fourth-order valence-corrected chi connectivity index (χ4v) is 4.43. The molecule has 0 radical (unpaired) electrons. The highest BCUT2D eigenvalue weighted by molar-refractivity contribution is 6.10. The molecule has 28 heavy (non-hydrogen) atoms. The van der Waals surface area contributed by atoms with Crippen molar-refractivity contribution in [2.24, 2.45) is 0 Å². The summed E-state index contributed by atoms with van der Waals surface area (Å²) in [5, 5.41) is 0. The topological polar surface area (TPSA) is 65.6 Å². The molecule has 1 aliphatic carbocycles. The minimum absolute atomic E-state index is 0.0212. The van der Waals surface area contributed by atoms with Crippen LogP contribution in [0.5, 0.6) is 5.75 Å². The number of piperazine rings is 1. The Bertz CT molecular complexity index is 900. The van der Waals surface area contributed by atoms with Crippen LogP contribution in [0.25, 0.3) is 0 Å². The Morgan fingerprint density at radius 1 is 1.18 bits per heavy atom. The molecule has 0 unspecified atom stereocenters. The average molecular weight is 381 g/mol. The molecule has 0 spiro atoms. The molecule has 0 bridgehead atoms. The van der Waals surface area contributed by atoms with Crippen molar-refractivity contribution in [3.05, 3.63) is 46.8 Å². The number of amides is 1. The number of methoxy groups -OCH3 is 1. The van der Waals surface area contributed by atoms with Crippen molar-refractivity contribution in [1.29, 1.82) is 0 Å². The van der Waals surface area contributed by atoms with Gasteiger partial charge in [-0.25, -0.2) is 0 Å². The monoisotopic (exact) mass is 381 g/mol. The maximum atomic E-state index is 13.4. The lowest BCUT2D eigenvalue weighted by Gasteiger charge is -2.41. The van der Waals surface area contributed by atoms with Gasteiger partial charge in [0.1, 0.15) is 5.75 Å². The van der Waals surface area contributed by atoms with Gasteiger partial charge in [-0.1, -0.05) is 0 Å². The number of aryl methyl sites for hydroxylation is 2. The maximum Gasteiger partial charge on any atom is 0.256 e. The van der Waals surface area contributed by atoms with E-state index in [-0.39, 0.29) is 17.7 Å². The molecule has 1 aromatic carbocycles. The second-order valence-corrected chi connectivity index (χ2v) is 7.75. The zero-order valence-corrected chi connectivity index (χ0v) is 16.7. The fourth-order valence-electron chi connectivity index (χ4n) is 4.43. The summed E-state index contributed by atoms with van der Waals surface area (Å²) in [4.78, 5) is 33.3. The van der Waals surface area contributed by atoms with Gasteiger partial charge in [0.2, 0.25) is 0 Å². The summed E-state index contributed by atoms with van der Waals surface area (Å²) in [6.45, 7) is 6.14. The molecular weight excluding hydrogens is 354 g/mol. The number of carbonyl (C=O) groups excluding carboxylic acids is 2. The molecule has 6 heteroatoms. The highest BCUT2D eigenvalue weighted by Gasteiger charge is 2.34. The lowest BCUT2D eigenvalue weighted by atomic mass is 9.92. The summed E-state index contributed by atoms with van der Waals surface area (Å²) in [6, 6.07) is 8.08. The van der Waals surface area contributed by atoms with E-state index in [1.54, 1.807) is 7.11 Å². The van der Waals surface area contributed by atoms with Gasteiger partial charge in [-0.15, -0.1) is 0 Å². The van der Waals surface area contributed by atoms with Gasteiger partial charge in [-0.2, -0.15) is 0 Å². The predicted molar refractivity (Wildman–Crippen MR) is 109 cm³/mol. The Morgan fingerprint density at radius 2 is 1.93 bits per heavy atom. The van der Waals surface area contributed by atoms with Crippen LogP contribution in [0.2, 0.25) is 0 Å². The Morgan fingerprint density at radius 3 is 2.61 bits per heavy atom. The standard InChI is InChI=1S/C22H27N3O3/c1-14-13-24(16-7-9-17(28-3)10-8-16)11-12-25(14)22(27)20-15(2)23-18-5-4-6-19(26)21(18)20/h7-10,14,23H,4-6,11-13H2,1-3H3/t14-/m0/s1. The minimum Gasteiger partial charge on any atom is -0.497 e. The van der Waals surface area contributed by atoms with E-state index in [2.05, 4.69) is 16.8 Å². The first kappa shape index (κ1) is 18.6. The largest absolute Gasteiger partial charge is 0.497 e. The molecule has 1 saturated heterocycles. The second kappa shape index (κ2) is 7.34. The van der Waals surface area contributed by atoms with Crippen molar-refractivity contribution in [3.8, 4) is 5.75 Å². The molecule has 2 heterocycles. The van der Waals surface area contributed by atoms with Crippen LogP contribution in [-0.2, 0) is 6.42 Å². The number of H-pyrrole nitrogens is 1. The lowest BCUT2D eigenvalue weighted by Crippen LogP contribution is -2.54. The number of fused-ring (bicyclic) bond motifs is 1. The molecule has 1 aliphatic heterocycles. The van der Waals surface area contributed by atoms with E-state index in [0.29, 0.717) is 24.1 Å². The average Bonchev–Trinajstić information content (AvgIpc) is 3.04. The summed E-state index contributed by atoms with van der Waals surface area (Å²) in [7, 11) is 1.66. The van der Waals surface area contributed by atoms with Gasteiger partial charge < -0.3 is 19.5 Å². The normalized spacial score (nSPS) is 19.5. The van der Waals surface area contributed by atoms with E-state index in [9.17, 15) is 9.59 Å². The van der Waals surface area contributed by atoms with Crippen molar-refractivity contribution < 1.29 is 14.3 Å². The number of anilines is 1. The van der Waals surface area contributed by atoms with Crippen molar-refractivity contribution >= 4 is 17.4 Å². The van der Waals surface area contributed by atoms with Gasteiger partial charge in [-0.05, 0) is 51.0 Å². The van der Waals surface area contributed by atoms with Crippen LogP contribution in [0, 0.1) is 6.92 Å². The molecule has 6 nitrogen and oxygen atoms in total. The molecule has 148 valence electrons. The van der Waals surface area contributed by atoms with Crippen molar-refractivity contribution in [2.45, 2.75) is 39.2 Å². The number of ether oxygens (including phenoxy) is 1. The molecule has 1 N–H and O–H groups in total. The van der Waals surface area contributed by atoms with E-state index in [4.69, 9.17) is 4.74 Å². The van der Waals surface area contributed by atoms with Crippen LogP contribution in [0.15, 0.2) is 24.3 Å². The number of rotatable bonds is 3. The van der Waals surface area contributed by atoms with Crippen molar-refractivity contribution in [2.75, 3.05) is 31.6 Å². The molecule has 1 amide bonds. The van der Waals surface area contributed by atoms with Crippen LogP contribution < -0.4 is 9.64 Å². The van der Waals surface area contributed by atoms with Gasteiger partial charge in [0, 0.05) is 49.2 Å². The van der Waals surface area contributed by atoms with Gasteiger partial charge in [-0.3, -0.25) is 9.59 Å². The number of aromatic amines is 1. The second-order valence-electron chi connectivity index (χ2n) is 7.75. The third kappa shape index (κ3) is 3.17. The summed E-state index contributed by atoms with van der Waals surface area (Å²) in [5.74, 6) is 0.911. The summed E-state index contributed by atoms with van der Waals surface area (Å²) < 4.78 is 5.23.